The number of aliphatic hydroxyl groups excluding tert-OH is 1. The van der Waals surface area contributed by atoms with Crippen LogP contribution in [0, 0.1) is 17.3 Å². The van der Waals surface area contributed by atoms with Crippen molar-refractivity contribution in [2.45, 2.75) is 87.5 Å². The van der Waals surface area contributed by atoms with Gasteiger partial charge in [0.25, 0.3) is 0 Å². The summed E-state index contributed by atoms with van der Waals surface area (Å²) in [6.45, 7) is -1.85. The number of hydroxylamine groups is 2. The number of benzene rings is 1. The van der Waals surface area contributed by atoms with Crippen LogP contribution in [0.2, 0.25) is 0 Å². The number of alkyl halides is 3. The van der Waals surface area contributed by atoms with Gasteiger partial charge in [-0.05, 0) is 42.9 Å². The first-order valence-electron chi connectivity index (χ1n) is 16.6. The van der Waals surface area contributed by atoms with Gasteiger partial charge in [0.15, 0.2) is 18.4 Å². The van der Waals surface area contributed by atoms with E-state index in [0.29, 0.717) is 11.1 Å². The highest BCUT2D eigenvalue weighted by atomic mass is 19.4. The molecule has 16 heteroatoms. The van der Waals surface area contributed by atoms with Gasteiger partial charge in [0.05, 0.1) is 13.2 Å². The third-order valence-electron chi connectivity index (χ3n) is 10.1. The normalized spacial score (nSPS) is 31.7. The molecule has 6 aliphatic rings. The minimum atomic E-state index is -4.65. The number of hydrogen-bond acceptors (Lipinski definition) is 11. The summed E-state index contributed by atoms with van der Waals surface area (Å²) in [4.78, 5) is 58.6. The number of rotatable bonds is 13. The number of aliphatic hydroxyl groups is 1. The number of carbonyl (C=O) groups excluding carboxylic acids is 4. The second-order valence-electron chi connectivity index (χ2n) is 13.5. The molecule has 3 saturated heterocycles. The number of fused-ring (bicyclic) bond motifs is 4. The number of nitrogens with one attached hydrogen (secondary N) is 2. The van der Waals surface area contributed by atoms with Crippen molar-refractivity contribution >= 4 is 29.8 Å². The molecule has 3 saturated carbocycles. The Morgan fingerprint density at radius 1 is 1.06 bits per heavy atom. The first kappa shape index (κ1) is 33.9. The highest BCUT2D eigenvalue weighted by Crippen LogP contribution is 2.63. The van der Waals surface area contributed by atoms with E-state index in [9.17, 15) is 32.3 Å². The topological polar surface area (TPSA) is 162 Å². The van der Waals surface area contributed by atoms with E-state index in [4.69, 9.17) is 24.2 Å². The van der Waals surface area contributed by atoms with E-state index in [-0.39, 0.29) is 56.8 Å². The molecule has 2 bridgehead atoms. The lowest BCUT2D eigenvalue weighted by molar-refractivity contribution is -0.235. The summed E-state index contributed by atoms with van der Waals surface area (Å²) in [7, 11) is 0. The predicted octanol–water partition coefficient (Wildman–Crippen LogP) is 1.52. The van der Waals surface area contributed by atoms with Gasteiger partial charge in [-0.3, -0.25) is 19.2 Å². The molecule has 1 aromatic carbocycles. The van der Waals surface area contributed by atoms with Gasteiger partial charge < -0.3 is 34.7 Å². The smallest absolute Gasteiger partial charge is 0.422 e. The zero-order valence-electron chi connectivity index (χ0n) is 26.5. The molecule has 49 heavy (non-hydrogen) atoms. The second-order valence-corrected chi connectivity index (χ2v) is 13.5. The fourth-order valence-electron chi connectivity index (χ4n) is 7.74. The minimum absolute atomic E-state index is 0.00830. The molecule has 0 spiro atoms. The van der Waals surface area contributed by atoms with Crippen LogP contribution in [0.15, 0.2) is 30.3 Å². The van der Waals surface area contributed by atoms with Crippen LogP contribution < -0.4 is 10.6 Å². The lowest BCUT2D eigenvalue weighted by Gasteiger charge is -2.48. The Balaban J connectivity index is 1.14. The summed E-state index contributed by atoms with van der Waals surface area (Å²) in [6, 6.07) is 5.53. The van der Waals surface area contributed by atoms with Gasteiger partial charge in [0.1, 0.15) is 29.8 Å². The minimum Gasteiger partial charge on any atom is -0.458 e. The molecule has 266 valence electrons. The van der Waals surface area contributed by atoms with Gasteiger partial charge in [0.2, 0.25) is 11.8 Å². The molecule has 2 amide bonds. The van der Waals surface area contributed by atoms with Crippen LogP contribution in [-0.4, -0.2) is 103 Å². The Hall–Kier alpha value is -3.57. The molecule has 6 atom stereocenters. The SMILES string of the molecule is O=C(CCNC(=O)C12CC3OC(=O)C1N(Cc1cccc(C=CC(=O)OCC(F)(F)F)c1)OC2C1OC(C2CC2)(C2CC2)OC31)NCCO. The number of hydrogen-bond donors (Lipinski definition) is 3. The average Bonchev–Trinajstić information content (AvgIpc) is 4.01. The Kier molecular flexibility index (Phi) is 8.96. The van der Waals surface area contributed by atoms with Crippen LogP contribution in [-0.2, 0) is 49.5 Å². The summed E-state index contributed by atoms with van der Waals surface area (Å²) in [6.07, 6.45) is -1.58. The molecular weight excluding hydrogens is 655 g/mol. The van der Waals surface area contributed by atoms with Crippen molar-refractivity contribution < 1.29 is 61.2 Å². The molecular formula is C33H38F3N3O10. The third kappa shape index (κ3) is 6.56. The fraction of sp³-hybridized carbons (Fsp3) is 0.636. The standard InChI is InChI=1S/C33H38F3N3O10/c34-32(35,36)17-45-24(42)9-4-18-2-1-3-19(14-18)16-39-27-29(43)46-22-15-31(27,30(44)38-11-10-23(41)37-12-13-40)28(49-39)26-25(22)47-33(48-26,20-5-6-20)21-7-8-21/h1-4,9,14,20-22,25-28,40H,5-8,10-13,15-17H2,(H,37,41)(H,38,44). The van der Waals surface area contributed by atoms with Crippen LogP contribution in [0.5, 0.6) is 0 Å². The van der Waals surface area contributed by atoms with Crippen molar-refractivity contribution in [3.8, 4) is 0 Å². The first-order valence-corrected chi connectivity index (χ1v) is 16.6. The van der Waals surface area contributed by atoms with Crippen LogP contribution in [0.3, 0.4) is 0 Å². The van der Waals surface area contributed by atoms with Gasteiger partial charge in [0, 0.05) is 43.8 Å². The van der Waals surface area contributed by atoms with Gasteiger partial charge in [-0.2, -0.15) is 18.2 Å². The number of carbonyl (C=O) groups is 4. The highest BCUT2D eigenvalue weighted by Gasteiger charge is 2.78. The van der Waals surface area contributed by atoms with Gasteiger partial charge in [-0.25, -0.2) is 4.79 Å². The summed E-state index contributed by atoms with van der Waals surface area (Å²) in [5.41, 5.74) is -0.349. The van der Waals surface area contributed by atoms with Gasteiger partial charge >= 0.3 is 18.1 Å². The molecule has 6 unspecified atom stereocenters. The van der Waals surface area contributed by atoms with Crippen molar-refractivity contribution in [1.29, 1.82) is 0 Å². The lowest BCUT2D eigenvalue weighted by atomic mass is 9.62. The van der Waals surface area contributed by atoms with Crippen molar-refractivity contribution in [1.82, 2.24) is 15.7 Å². The Morgan fingerprint density at radius 2 is 1.80 bits per heavy atom. The predicted molar refractivity (Wildman–Crippen MR) is 159 cm³/mol. The van der Waals surface area contributed by atoms with Gasteiger partial charge in [-0.1, -0.05) is 24.3 Å². The molecule has 3 aliphatic carbocycles. The molecule has 13 nitrogen and oxygen atoms in total. The lowest BCUT2D eigenvalue weighted by Crippen LogP contribution is -2.69. The molecule has 0 aromatic heterocycles. The van der Waals surface area contributed by atoms with E-state index < -0.39 is 72.3 Å². The molecule has 0 radical (unpaired) electrons. The molecule has 3 N–H and O–H groups in total. The molecule has 3 aliphatic heterocycles. The van der Waals surface area contributed by atoms with E-state index in [1.807, 2.05) is 0 Å². The molecule has 7 rings (SSSR count). The summed E-state index contributed by atoms with van der Waals surface area (Å²) >= 11 is 0. The molecule has 1 aromatic rings. The summed E-state index contributed by atoms with van der Waals surface area (Å²) < 4.78 is 61.0. The Labute approximate surface area is 279 Å². The Bertz CT molecular complexity index is 1500. The summed E-state index contributed by atoms with van der Waals surface area (Å²) in [5, 5.41) is 15.8. The van der Waals surface area contributed by atoms with Gasteiger partial charge in [-0.15, -0.1) is 0 Å². The van der Waals surface area contributed by atoms with Crippen molar-refractivity contribution in [3.63, 3.8) is 0 Å². The molecule has 3 heterocycles. The maximum atomic E-state index is 14.3. The van der Waals surface area contributed by atoms with Crippen molar-refractivity contribution in [3.05, 3.63) is 41.5 Å². The number of amides is 2. The second kappa shape index (κ2) is 13.0. The first-order chi connectivity index (χ1) is 23.4. The van der Waals surface area contributed by atoms with Crippen LogP contribution in [0.25, 0.3) is 6.08 Å². The zero-order valence-corrected chi connectivity index (χ0v) is 26.5. The van der Waals surface area contributed by atoms with Crippen molar-refractivity contribution in [2.24, 2.45) is 17.3 Å². The Morgan fingerprint density at radius 3 is 2.49 bits per heavy atom. The summed E-state index contributed by atoms with van der Waals surface area (Å²) in [5.74, 6) is -3.06. The van der Waals surface area contributed by atoms with E-state index >= 15 is 0 Å². The average molecular weight is 694 g/mol. The maximum absolute atomic E-state index is 14.3. The van der Waals surface area contributed by atoms with Crippen LogP contribution in [0.1, 0.15) is 49.7 Å². The largest absolute Gasteiger partial charge is 0.458 e. The van der Waals surface area contributed by atoms with E-state index in [1.165, 1.54) is 11.1 Å². The fourth-order valence-corrected chi connectivity index (χ4v) is 7.74. The highest BCUT2D eigenvalue weighted by molar-refractivity contribution is 5.94. The number of nitrogens with zero attached hydrogens (tertiary/aromatic N) is 1. The third-order valence-corrected chi connectivity index (χ3v) is 10.1. The number of halogens is 3. The number of ether oxygens (including phenoxy) is 4. The zero-order chi connectivity index (χ0) is 34.6. The number of esters is 2. The van der Waals surface area contributed by atoms with Crippen LogP contribution in [0.4, 0.5) is 13.2 Å². The van der Waals surface area contributed by atoms with E-state index in [2.05, 4.69) is 15.4 Å². The maximum Gasteiger partial charge on any atom is 0.422 e. The quantitative estimate of drug-likeness (QED) is 0.203. The van der Waals surface area contributed by atoms with E-state index in [0.717, 1.165) is 31.8 Å². The van der Waals surface area contributed by atoms with Crippen LogP contribution >= 0.6 is 0 Å². The molecule has 6 fully saturated rings. The monoisotopic (exact) mass is 693 g/mol. The van der Waals surface area contributed by atoms with E-state index in [1.54, 1.807) is 24.3 Å². The van der Waals surface area contributed by atoms with Crippen molar-refractivity contribution in [2.75, 3.05) is 26.3 Å².